The van der Waals surface area contributed by atoms with Gasteiger partial charge in [0.25, 0.3) is 0 Å². The topological polar surface area (TPSA) is 67.9 Å². The zero-order valence-corrected chi connectivity index (χ0v) is 16.3. The predicted octanol–water partition coefficient (Wildman–Crippen LogP) is 3.85. The van der Waals surface area contributed by atoms with E-state index in [1.807, 2.05) is 42.5 Å². The highest BCUT2D eigenvalue weighted by Gasteiger charge is 2.35. The number of carbonyl (C=O) groups excluding carboxylic acids is 2. The summed E-state index contributed by atoms with van der Waals surface area (Å²) in [5, 5.41) is 4.95. The number of methoxy groups -OCH3 is 2. The molecule has 1 N–H and O–H groups in total. The largest absolute Gasteiger partial charge is 0.497 e. The molecule has 2 amide bonds. The van der Waals surface area contributed by atoms with Crippen molar-refractivity contribution in [2.45, 2.75) is 6.42 Å². The number of ether oxygens (including phenoxy) is 2. The van der Waals surface area contributed by atoms with Gasteiger partial charge in [-0.2, -0.15) is 0 Å². The number of hydrogen-bond donors (Lipinski definition) is 1. The van der Waals surface area contributed by atoms with Gasteiger partial charge in [0.05, 0.1) is 25.8 Å². The van der Waals surface area contributed by atoms with Crippen molar-refractivity contribution in [3.8, 4) is 11.5 Å². The Bertz CT molecular complexity index is 1050. The van der Waals surface area contributed by atoms with Crippen LogP contribution in [0.5, 0.6) is 11.5 Å². The van der Waals surface area contributed by atoms with Crippen LogP contribution >= 0.6 is 0 Å². The molecule has 1 saturated heterocycles. The lowest BCUT2D eigenvalue weighted by molar-refractivity contribution is -0.122. The van der Waals surface area contributed by atoms with Gasteiger partial charge in [-0.1, -0.05) is 36.4 Å². The van der Waals surface area contributed by atoms with E-state index in [4.69, 9.17) is 9.47 Å². The Morgan fingerprint density at radius 3 is 2.41 bits per heavy atom. The summed E-state index contributed by atoms with van der Waals surface area (Å²) in [6.07, 6.45) is 0.177. The molecule has 0 unspecified atom stereocenters. The Balaban J connectivity index is 1.54. The Morgan fingerprint density at radius 1 is 1.00 bits per heavy atom. The molecule has 1 aliphatic rings. The molecule has 4 rings (SSSR count). The average Bonchev–Trinajstić information content (AvgIpc) is 3.14. The van der Waals surface area contributed by atoms with Crippen LogP contribution < -0.4 is 19.7 Å². The van der Waals surface area contributed by atoms with Crippen LogP contribution in [0.25, 0.3) is 10.8 Å². The summed E-state index contributed by atoms with van der Waals surface area (Å²) in [4.78, 5) is 27.2. The molecule has 6 heteroatoms. The van der Waals surface area contributed by atoms with Gasteiger partial charge in [0.2, 0.25) is 11.8 Å². The molecule has 6 nitrogen and oxygen atoms in total. The fourth-order valence-corrected chi connectivity index (χ4v) is 3.68. The summed E-state index contributed by atoms with van der Waals surface area (Å²) in [6.45, 7) is 0.347. The first-order chi connectivity index (χ1) is 14.1. The van der Waals surface area contributed by atoms with Crippen LogP contribution in [-0.2, 0) is 9.59 Å². The van der Waals surface area contributed by atoms with E-state index in [2.05, 4.69) is 5.32 Å². The number of fused-ring (bicyclic) bond motifs is 1. The Labute approximate surface area is 169 Å². The normalized spacial score (nSPS) is 16.1. The maximum atomic E-state index is 12.8. The smallest absolute Gasteiger partial charge is 0.229 e. The van der Waals surface area contributed by atoms with Crippen LogP contribution in [0.4, 0.5) is 11.4 Å². The van der Waals surface area contributed by atoms with Crippen LogP contribution in [0.3, 0.4) is 0 Å². The number of hydrogen-bond acceptors (Lipinski definition) is 4. The molecule has 1 fully saturated rings. The van der Waals surface area contributed by atoms with E-state index >= 15 is 0 Å². The van der Waals surface area contributed by atoms with Crippen molar-refractivity contribution < 1.29 is 19.1 Å². The maximum absolute atomic E-state index is 12.8. The summed E-state index contributed by atoms with van der Waals surface area (Å²) in [5.41, 5.74) is 1.41. The molecule has 0 bridgehead atoms. The third kappa shape index (κ3) is 3.74. The molecule has 1 heterocycles. The molecule has 0 aromatic heterocycles. The average molecular weight is 390 g/mol. The number of carbonyl (C=O) groups is 2. The highest BCUT2D eigenvalue weighted by molar-refractivity contribution is 6.08. The van der Waals surface area contributed by atoms with Crippen molar-refractivity contribution in [3.63, 3.8) is 0 Å². The van der Waals surface area contributed by atoms with E-state index in [9.17, 15) is 9.59 Å². The summed E-state index contributed by atoms with van der Waals surface area (Å²) < 4.78 is 10.5. The van der Waals surface area contributed by atoms with E-state index in [-0.39, 0.29) is 18.2 Å². The zero-order chi connectivity index (χ0) is 20.4. The first-order valence-corrected chi connectivity index (χ1v) is 9.41. The molecule has 1 atom stereocenters. The molecule has 3 aromatic rings. The summed E-state index contributed by atoms with van der Waals surface area (Å²) in [7, 11) is 3.11. The van der Waals surface area contributed by atoms with Crippen LogP contribution in [0.2, 0.25) is 0 Å². The third-order valence-corrected chi connectivity index (χ3v) is 5.17. The molecule has 0 aliphatic carbocycles. The number of benzene rings is 3. The first kappa shape index (κ1) is 18.8. The maximum Gasteiger partial charge on any atom is 0.229 e. The minimum atomic E-state index is -0.432. The van der Waals surface area contributed by atoms with Crippen molar-refractivity contribution >= 4 is 34.0 Å². The lowest BCUT2D eigenvalue weighted by Crippen LogP contribution is -2.28. The number of nitrogens with zero attached hydrogens (tertiary/aromatic N) is 1. The molecule has 3 aromatic carbocycles. The van der Waals surface area contributed by atoms with Gasteiger partial charge in [0.1, 0.15) is 11.5 Å². The highest BCUT2D eigenvalue weighted by Crippen LogP contribution is 2.32. The molecule has 148 valence electrons. The Kier molecular flexibility index (Phi) is 5.08. The molecule has 0 saturated carbocycles. The number of nitrogens with one attached hydrogen (secondary N) is 1. The lowest BCUT2D eigenvalue weighted by Gasteiger charge is -2.19. The third-order valence-electron chi connectivity index (χ3n) is 5.17. The van der Waals surface area contributed by atoms with Crippen molar-refractivity contribution in [2.24, 2.45) is 5.92 Å². The second-order valence-electron chi connectivity index (χ2n) is 6.99. The van der Waals surface area contributed by atoms with Crippen molar-refractivity contribution in [2.75, 3.05) is 31.0 Å². The lowest BCUT2D eigenvalue weighted by atomic mass is 10.1. The van der Waals surface area contributed by atoms with Gasteiger partial charge in [-0.05, 0) is 11.5 Å². The molecule has 29 heavy (non-hydrogen) atoms. The SMILES string of the molecule is COc1cc(NC(=O)[C@H]2CC(=O)N(c3cccc4ccccc34)C2)cc(OC)c1. The predicted molar refractivity (Wildman–Crippen MR) is 113 cm³/mol. The standard InChI is InChI=1S/C23H22N2O4/c1-28-18-11-17(12-19(13-18)29-2)24-23(27)16-10-22(26)25(14-16)21-9-5-7-15-6-3-4-8-20(15)21/h3-9,11-13,16H,10,14H2,1-2H3,(H,24,27)/t16-/m0/s1. The van der Waals surface area contributed by atoms with Crippen molar-refractivity contribution in [1.82, 2.24) is 0 Å². The second-order valence-corrected chi connectivity index (χ2v) is 6.99. The van der Waals surface area contributed by atoms with Crippen molar-refractivity contribution in [3.05, 3.63) is 60.7 Å². The van der Waals surface area contributed by atoms with Gasteiger partial charge in [-0.3, -0.25) is 9.59 Å². The molecule has 0 spiro atoms. The number of amides is 2. The van der Waals surface area contributed by atoms with Crippen LogP contribution in [-0.4, -0.2) is 32.6 Å². The van der Waals surface area contributed by atoms with Crippen LogP contribution in [0, 0.1) is 5.92 Å². The Hall–Kier alpha value is -3.54. The van der Waals surface area contributed by atoms with Gasteiger partial charge < -0.3 is 19.7 Å². The molecular weight excluding hydrogens is 368 g/mol. The number of anilines is 2. The highest BCUT2D eigenvalue weighted by atomic mass is 16.5. The summed E-state index contributed by atoms with van der Waals surface area (Å²) >= 11 is 0. The zero-order valence-electron chi connectivity index (χ0n) is 16.3. The fourth-order valence-electron chi connectivity index (χ4n) is 3.68. The quantitative estimate of drug-likeness (QED) is 0.719. The summed E-state index contributed by atoms with van der Waals surface area (Å²) in [6, 6.07) is 19.0. The van der Waals surface area contributed by atoms with E-state index in [0.717, 1.165) is 16.5 Å². The van der Waals surface area contributed by atoms with Gasteiger partial charge in [0, 0.05) is 42.2 Å². The van der Waals surface area contributed by atoms with E-state index in [1.54, 1.807) is 37.3 Å². The van der Waals surface area contributed by atoms with Gasteiger partial charge in [-0.15, -0.1) is 0 Å². The molecular formula is C23H22N2O4. The van der Waals surface area contributed by atoms with E-state index in [0.29, 0.717) is 23.7 Å². The Morgan fingerprint density at radius 2 is 1.69 bits per heavy atom. The first-order valence-electron chi connectivity index (χ1n) is 9.41. The fraction of sp³-hybridized carbons (Fsp3) is 0.217. The second kappa shape index (κ2) is 7.83. The molecule has 0 radical (unpaired) electrons. The monoisotopic (exact) mass is 390 g/mol. The van der Waals surface area contributed by atoms with Crippen LogP contribution in [0.1, 0.15) is 6.42 Å². The van der Waals surface area contributed by atoms with Crippen LogP contribution in [0.15, 0.2) is 60.7 Å². The minimum absolute atomic E-state index is 0.0512. The summed E-state index contributed by atoms with van der Waals surface area (Å²) in [5.74, 6) is 0.485. The van der Waals surface area contributed by atoms with Gasteiger partial charge in [0.15, 0.2) is 0 Å². The van der Waals surface area contributed by atoms with E-state index in [1.165, 1.54) is 0 Å². The van der Waals surface area contributed by atoms with Gasteiger partial charge >= 0.3 is 0 Å². The minimum Gasteiger partial charge on any atom is -0.497 e. The van der Waals surface area contributed by atoms with Gasteiger partial charge in [-0.25, -0.2) is 0 Å². The van der Waals surface area contributed by atoms with E-state index < -0.39 is 5.92 Å². The molecule has 1 aliphatic heterocycles. The van der Waals surface area contributed by atoms with Crippen molar-refractivity contribution in [1.29, 1.82) is 0 Å². The number of rotatable bonds is 5.